The molecule has 0 radical (unpaired) electrons. The van der Waals surface area contributed by atoms with Gasteiger partial charge in [0.25, 0.3) is 0 Å². The highest BCUT2D eigenvalue weighted by Gasteiger charge is 2.15. The van der Waals surface area contributed by atoms with Gasteiger partial charge in [-0.2, -0.15) is 5.10 Å². The molecule has 7 nitrogen and oxygen atoms in total. The summed E-state index contributed by atoms with van der Waals surface area (Å²) in [4.78, 5) is 16.4. The molecule has 0 spiro atoms. The molecule has 3 aromatic rings. The minimum Gasteiger partial charge on any atom is -0.487 e. The molecule has 1 N–H and O–H groups in total. The van der Waals surface area contributed by atoms with E-state index in [1.807, 2.05) is 37.3 Å². The Labute approximate surface area is 160 Å². The first-order chi connectivity index (χ1) is 13.1. The molecule has 0 bridgehead atoms. The van der Waals surface area contributed by atoms with Gasteiger partial charge in [-0.1, -0.05) is 30.3 Å². The molecular formula is C19H18N4O3S. The number of benzene rings is 2. The lowest BCUT2D eigenvalue weighted by Crippen LogP contribution is -1.99. The van der Waals surface area contributed by atoms with Crippen molar-refractivity contribution >= 4 is 28.4 Å². The van der Waals surface area contributed by atoms with E-state index in [9.17, 15) is 10.1 Å². The molecule has 3 rings (SSSR count). The van der Waals surface area contributed by atoms with Gasteiger partial charge in [0.2, 0.25) is 5.13 Å². The van der Waals surface area contributed by atoms with Crippen LogP contribution < -0.4 is 10.2 Å². The lowest BCUT2D eigenvalue weighted by atomic mass is 10.1. The molecule has 1 heterocycles. The molecule has 0 fully saturated rings. The molecule has 0 aliphatic heterocycles. The van der Waals surface area contributed by atoms with Crippen LogP contribution in [0.2, 0.25) is 0 Å². The second-order valence-corrected chi connectivity index (χ2v) is 6.78. The van der Waals surface area contributed by atoms with E-state index < -0.39 is 4.92 Å². The highest BCUT2D eigenvalue weighted by atomic mass is 32.1. The Balaban J connectivity index is 1.74. The van der Waals surface area contributed by atoms with Crippen molar-refractivity contribution in [1.29, 1.82) is 0 Å². The molecule has 1 aromatic heterocycles. The van der Waals surface area contributed by atoms with Crippen LogP contribution >= 0.6 is 11.3 Å². The van der Waals surface area contributed by atoms with E-state index in [1.165, 1.54) is 23.6 Å². The Kier molecular flexibility index (Phi) is 5.77. The van der Waals surface area contributed by atoms with Crippen LogP contribution in [0.4, 0.5) is 10.8 Å². The molecule has 0 saturated carbocycles. The summed E-state index contributed by atoms with van der Waals surface area (Å²) >= 11 is 1.50. The highest BCUT2D eigenvalue weighted by Crippen LogP contribution is 2.30. The van der Waals surface area contributed by atoms with Crippen LogP contribution in [0.3, 0.4) is 0 Å². The summed E-state index contributed by atoms with van der Waals surface area (Å²) in [6.07, 6.45) is 1.52. The van der Waals surface area contributed by atoms with Crippen LogP contribution in [0, 0.1) is 17.0 Å². The number of anilines is 1. The lowest BCUT2D eigenvalue weighted by Gasteiger charge is -2.04. The van der Waals surface area contributed by atoms with Gasteiger partial charge < -0.3 is 4.74 Å². The van der Waals surface area contributed by atoms with Crippen LogP contribution in [0.25, 0.3) is 11.3 Å². The quantitative estimate of drug-likeness (QED) is 0.358. The minimum atomic E-state index is -0.466. The van der Waals surface area contributed by atoms with Crippen molar-refractivity contribution in [2.24, 2.45) is 5.10 Å². The monoisotopic (exact) mass is 382 g/mol. The van der Waals surface area contributed by atoms with Gasteiger partial charge in [0.05, 0.1) is 23.4 Å². The van der Waals surface area contributed by atoms with Gasteiger partial charge in [-0.15, -0.1) is 11.3 Å². The fourth-order valence-corrected chi connectivity index (χ4v) is 3.29. The smallest absolute Gasteiger partial charge is 0.311 e. The molecule has 2 aromatic carbocycles. The topological polar surface area (TPSA) is 89.7 Å². The molecule has 0 saturated heterocycles. The highest BCUT2D eigenvalue weighted by molar-refractivity contribution is 7.15. The Bertz CT molecular complexity index is 970. The largest absolute Gasteiger partial charge is 0.487 e. The van der Waals surface area contributed by atoms with E-state index in [0.29, 0.717) is 17.3 Å². The first kappa shape index (κ1) is 18.5. The Morgan fingerprint density at radius 3 is 2.78 bits per heavy atom. The molecule has 0 aliphatic rings. The maximum absolute atomic E-state index is 11.2. The zero-order chi connectivity index (χ0) is 19.2. The first-order valence-electron chi connectivity index (χ1n) is 8.31. The SMILES string of the molecule is CCOc1ccc(/C=N\Nc2nc(-c3ccccc3)c(C)s2)cc1[N+](=O)[O-]. The molecular weight excluding hydrogens is 364 g/mol. The third-order valence-electron chi connectivity index (χ3n) is 3.70. The molecule has 8 heteroatoms. The minimum absolute atomic E-state index is 0.0859. The number of aryl methyl sites for hydroxylation is 1. The fraction of sp³-hybridized carbons (Fsp3) is 0.158. The molecule has 0 unspecified atom stereocenters. The summed E-state index contributed by atoms with van der Waals surface area (Å²) in [5.41, 5.74) is 5.35. The van der Waals surface area contributed by atoms with E-state index >= 15 is 0 Å². The van der Waals surface area contributed by atoms with Crippen LogP contribution in [0.5, 0.6) is 5.75 Å². The summed E-state index contributed by atoms with van der Waals surface area (Å²) < 4.78 is 5.27. The van der Waals surface area contributed by atoms with Crippen LogP contribution in [0.15, 0.2) is 53.6 Å². The third-order valence-corrected chi connectivity index (χ3v) is 4.57. The number of nitrogens with one attached hydrogen (secondary N) is 1. The molecule has 138 valence electrons. The molecule has 0 amide bonds. The average Bonchev–Trinajstić information content (AvgIpc) is 3.04. The average molecular weight is 382 g/mol. The predicted octanol–water partition coefficient (Wildman–Crippen LogP) is 4.87. The van der Waals surface area contributed by atoms with E-state index in [4.69, 9.17) is 4.74 Å². The number of hydrogen-bond donors (Lipinski definition) is 1. The number of ether oxygens (including phenoxy) is 1. The number of hydrazone groups is 1. The van der Waals surface area contributed by atoms with Crippen LogP contribution in [-0.4, -0.2) is 22.7 Å². The zero-order valence-corrected chi connectivity index (χ0v) is 15.7. The first-order valence-corrected chi connectivity index (χ1v) is 9.13. The number of thiazole rings is 1. The number of nitro benzene ring substituents is 1. The molecule has 27 heavy (non-hydrogen) atoms. The van der Waals surface area contributed by atoms with E-state index in [2.05, 4.69) is 15.5 Å². The van der Waals surface area contributed by atoms with Crippen molar-refractivity contribution in [1.82, 2.24) is 4.98 Å². The van der Waals surface area contributed by atoms with Crippen molar-refractivity contribution in [2.75, 3.05) is 12.0 Å². The number of aromatic nitrogens is 1. The second-order valence-electron chi connectivity index (χ2n) is 5.58. The van der Waals surface area contributed by atoms with E-state index in [1.54, 1.807) is 19.1 Å². The maximum atomic E-state index is 11.2. The van der Waals surface area contributed by atoms with Crippen molar-refractivity contribution in [3.63, 3.8) is 0 Å². The lowest BCUT2D eigenvalue weighted by molar-refractivity contribution is -0.385. The number of rotatable bonds is 7. The van der Waals surface area contributed by atoms with Crippen molar-refractivity contribution in [2.45, 2.75) is 13.8 Å². The van der Waals surface area contributed by atoms with E-state index in [0.717, 1.165) is 16.1 Å². The van der Waals surface area contributed by atoms with Crippen molar-refractivity contribution in [3.8, 4) is 17.0 Å². The van der Waals surface area contributed by atoms with Crippen molar-refractivity contribution in [3.05, 3.63) is 69.1 Å². The number of nitrogens with zero attached hydrogens (tertiary/aromatic N) is 3. The van der Waals surface area contributed by atoms with Gasteiger partial charge >= 0.3 is 5.69 Å². The van der Waals surface area contributed by atoms with Gasteiger partial charge in [0.1, 0.15) is 0 Å². The second kappa shape index (κ2) is 8.41. The van der Waals surface area contributed by atoms with Gasteiger partial charge in [0, 0.05) is 22.1 Å². The molecule has 0 aliphatic carbocycles. The summed E-state index contributed by atoms with van der Waals surface area (Å²) in [7, 11) is 0. The van der Waals surface area contributed by atoms with Gasteiger partial charge in [-0.3, -0.25) is 15.5 Å². The fourth-order valence-electron chi connectivity index (χ4n) is 2.51. The maximum Gasteiger partial charge on any atom is 0.311 e. The summed E-state index contributed by atoms with van der Waals surface area (Å²) in [5.74, 6) is 0.246. The predicted molar refractivity (Wildman–Crippen MR) is 108 cm³/mol. The van der Waals surface area contributed by atoms with Gasteiger partial charge in [-0.25, -0.2) is 4.98 Å². The number of hydrogen-bond acceptors (Lipinski definition) is 7. The van der Waals surface area contributed by atoms with Crippen LogP contribution in [-0.2, 0) is 0 Å². The third kappa shape index (κ3) is 4.48. The van der Waals surface area contributed by atoms with Crippen LogP contribution in [0.1, 0.15) is 17.4 Å². The Morgan fingerprint density at radius 2 is 2.07 bits per heavy atom. The zero-order valence-electron chi connectivity index (χ0n) is 14.9. The van der Waals surface area contributed by atoms with E-state index in [-0.39, 0.29) is 11.4 Å². The summed E-state index contributed by atoms with van der Waals surface area (Å²) in [5, 5.41) is 16.0. The Morgan fingerprint density at radius 1 is 1.30 bits per heavy atom. The standard InChI is InChI=1S/C19H18N4O3S/c1-3-26-17-10-9-14(11-16(17)23(24)25)12-20-22-19-21-18(13(2)27-19)15-7-5-4-6-8-15/h4-12H,3H2,1-2H3,(H,21,22)/b20-12-. The summed E-state index contributed by atoms with van der Waals surface area (Å²) in [6, 6.07) is 14.6. The van der Waals surface area contributed by atoms with Gasteiger partial charge in [-0.05, 0) is 26.0 Å². The molecule has 0 atom stereocenters. The van der Waals surface area contributed by atoms with Gasteiger partial charge in [0.15, 0.2) is 5.75 Å². The Hall–Kier alpha value is -3.26. The summed E-state index contributed by atoms with van der Waals surface area (Å²) in [6.45, 7) is 4.15. The van der Waals surface area contributed by atoms with Crippen molar-refractivity contribution < 1.29 is 9.66 Å². The normalized spacial score (nSPS) is 10.9. The number of nitro groups is 1.